The number of rotatable bonds is 9. The molecule has 31 heavy (non-hydrogen) atoms. The molecule has 0 aliphatic carbocycles. The number of aryl methyl sites for hydroxylation is 1. The molecule has 1 aliphatic heterocycles. The van der Waals surface area contributed by atoms with Gasteiger partial charge in [-0.1, -0.05) is 42.5 Å². The van der Waals surface area contributed by atoms with Crippen LogP contribution in [-0.2, 0) is 21.2 Å². The minimum absolute atomic E-state index is 0.0903. The van der Waals surface area contributed by atoms with Gasteiger partial charge in [0, 0.05) is 13.1 Å². The molecule has 1 fully saturated rings. The van der Waals surface area contributed by atoms with Crippen molar-refractivity contribution >= 4 is 15.9 Å². The predicted octanol–water partition coefficient (Wildman–Crippen LogP) is 3.55. The molecule has 1 heterocycles. The summed E-state index contributed by atoms with van der Waals surface area (Å²) in [7, 11) is -1.75. The Balaban J connectivity index is 1.52. The highest BCUT2D eigenvalue weighted by atomic mass is 32.2. The highest BCUT2D eigenvalue weighted by molar-refractivity contribution is 7.89. The van der Waals surface area contributed by atoms with Crippen LogP contribution in [0, 0.1) is 5.92 Å². The van der Waals surface area contributed by atoms with Gasteiger partial charge in [-0.25, -0.2) is 12.7 Å². The molecule has 0 unspecified atom stereocenters. The molecule has 1 N–H and O–H groups in total. The third kappa shape index (κ3) is 6.55. The van der Waals surface area contributed by atoms with Crippen LogP contribution in [0.2, 0.25) is 0 Å². The first-order valence-electron chi connectivity index (χ1n) is 10.8. The molecule has 0 bridgehead atoms. The van der Waals surface area contributed by atoms with Gasteiger partial charge >= 0.3 is 0 Å². The van der Waals surface area contributed by atoms with Gasteiger partial charge in [-0.15, -0.1) is 0 Å². The number of nitrogens with one attached hydrogen (secondary N) is 1. The maximum atomic E-state index is 12.8. The lowest BCUT2D eigenvalue weighted by atomic mass is 9.98. The van der Waals surface area contributed by atoms with E-state index in [2.05, 4.69) is 5.32 Å². The number of amides is 1. The average Bonchev–Trinajstić information content (AvgIpc) is 2.79. The maximum absolute atomic E-state index is 12.8. The molecule has 0 aromatic heterocycles. The first-order valence-corrected chi connectivity index (χ1v) is 12.5. The fraction of sp³-hybridized carbons (Fsp3) is 0.458. The van der Waals surface area contributed by atoms with Crippen LogP contribution < -0.4 is 10.1 Å². The number of carbonyl (C=O) groups is 1. The van der Waals surface area contributed by atoms with Crippen molar-refractivity contribution < 1.29 is 17.9 Å². The number of carbonyl (C=O) groups excluding carboxylic acids is 1. The van der Waals surface area contributed by atoms with Crippen LogP contribution in [0.3, 0.4) is 0 Å². The zero-order valence-corrected chi connectivity index (χ0v) is 19.1. The van der Waals surface area contributed by atoms with E-state index in [1.165, 1.54) is 4.31 Å². The zero-order valence-electron chi connectivity index (χ0n) is 18.3. The Morgan fingerprint density at radius 3 is 2.55 bits per heavy atom. The molecule has 0 saturated carbocycles. The molecule has 7 heteroatoms. The van der Waals surface area contributed by atoms with Crippen molar-refractivity contribution in [2.24, 2.45) is 5.92 Å². The monoisotopic (exact) mass is 444 g/mol. The average molecular weight is 445 g/mol. The van der Waals surface area contributed by atoms with E-state index in [1.807, 2.05) is 61.5 Å². The van der Waals surface area contributed by atoms with Crippen molar-refractivity contribution in [3.63, 3.8) is 0 Å². The van der Waals surface area contributed by atoms with Crippen LogP contribution in [-0.4, -0.2) is 44.6 Å². The number of sulfonamides is 1. The van der Waals surface area contributed by atoms with E-state index in [1.54, 1.807) is 7.11 Å². The maximum Gasteiger partial charge on any atom is 0.224 e. The molecular weight excluding hydrogens is 412 g/mol. The predicted molar refractivity (Wildman–Crippen MR) is 122 cm³/mol. The molecule has 6 nitrogen and oxygen atoms in total. The summed E-state index contributed by atoms with van der Waals surface area (Å²) in [6.07, 6.45) is 2.72. The van der Waals surface area contributed by atoms with Gasteiger partial charge in [0.15, 0.2) is 0 Å². The minimum atomic E-state index is -3.37. The number of nitrogens with zero attached hydrogens (tertiary/aromatic N) is 1. The highest BCUT2D eigenvalue weighted by Gasteiger charge is 2.32. The van der Waals surface area contributed by atoms with Crippen molar-refractivity contribution in [2.75, 3.05) is 26.0 Å². The normalized spacial score (nSPS) is 18.3. The summed E-state index contributed by atoms with van der Waals surface area (Å²) in [6.45, 7) is 2.68. The molecule has 2 aromatic carbocycles. The van der Waals surface area contributed by atoms with Gasteiger partial charge in [-0.2, -0.15) is 0 Å². The number of benzene rings is 2. The zero-order chi connectivity index (χ0) is 22.3. The summed E-state index contributed by atoms with van der Waals surface area (Å²) in [4.78, 5) is 12.8. The smallest absolute Gasteiger partial charge is 0.224 e. The van der Waals surface area contributed by atoms with Gasteiger partial charge < -0.3 is 10.1 Å². The van der Waals surface area contributed by atoms with Crippen LogP contribution in [0.25, 0.3) is 0 Å². The molecule has 0 radical (unpaired) electrons. The number of hydrogen-bond donors (Lipinski definition) is 1. The first-order chi connectivity index (χ1) is 14.9. The van der Waals surface area contributed by atoms with Gasteiger partial charge in [-0.3, -0.25) is 4.79 Å². The van der Waals surface area contributed by atoms with Gasteiger partial charge in [0.2, 0.25) is 15.9 Å². The van der Waals surface area contributed by atoms with Gasteiger partial charge in [0.1, 0.15) is 5.75 Å². The van der Waals surface area contributed by atoms with E-state index >= 15 is 0 Å². The second-order valence-corrected chi connectivity index (χ2v) is 10.2. The summed E-state index contributed by atoms with van der Waals surface area (Å²) in [6, 6.07) is 17.3. The van der Waals surface area contributed by atoms with Crippen molar-refractivity contribution in [1.29, 1.82) is 0 Å². The van der Waals surface area contributed by atoms with Gasteiger partial charge in [0.05, 0.1) is 24.8 Å². The third-order valence-corrected chi connectivity index (χ3v) is 7.76. The van der Waals surface area contributed by atoms with Crippen molar-refractivity contribution in [1.82, 2.24) is 9.62 Å². The Kier molecular flexibility index (Phi) is 8.09. The Morgan fingerprint density at radius 2 is 1.87 bits per heavy atom. The van der Waals surface area contributed by atoms with E-state index in [0.29, 0.717) is 25.8 Å². The van der Waals surface area contributed by atoms with E-state index in [4.69, 9.17) is 4.74 Å². The van der Waals surface area contributed by atoms with Crippen LogP contribution in [0.15, 0.2) is 54.6 Å². The molecule has 1 amide bonds. The number of piperidine rings is 1. The highest BCUT2D eigenvalue weighted by Crippen LogP contribution is 2.23. The summed E-state index contributed by atoms with van der Waals surface area (Å²) in [5, 5.41) is 3.04. The summed E-state index contributed by atoms with van der Waals surface area (Å²) < 4.78 is 32.3. The van der Waals surface area contributed by atoms with Crippen LogP contribution in [0.1, 0.15) is 43.4 Å². The molecule has 1 saturated heterocycles. The first kappa shape index (κ1) is 23.3. The van der Waals surface area contributed by atoms with Crippen LogP contribution >= 0.6 is 0 Å². The molecule has 2 aromatic rings. The van der Waals surface area contributed by atoms with Crippen LogP contribution in [0.4, 0.5) is 0 Å². The SMILES string of the molecule is COc1ccc([C@@H](C)NC(=O)[C@H]2CCCN(S(=O)(=O)CCCc3ccccc3)C2)cc1. The lowest BCUT2D eigenvalue weighted by molar-refractivity contribution is -0.126. The van der Waals surface area contributed by atoms with E-state index < -0.39 is 10.0 Å². The molecule has 0 spiro atoms. The number of ether oxygens (including phenoxy) is 1. The molecule has 1 aliphatic rings. The van der Waals surface area contributed by atoms with Crippen molar-refractivity contribution in [3.05, 3.63) is 65.7 Å². The standard InChI is InChI=1S/C24H32N2O4S/c1-19(21-12-14-23(30-2)15-13-21)25-24(27)22-11-6-16-26(18-22)31(28,29)17-7-10-20-8-4-3-5-9-20/h3-5,8-9,12-15,19,22H,6-7,10-11,16-18H2,1-2H3,(H,25,27)/t19-,22+/m1/s1. The van der Waals surface area contributed by atoms with Gasteiger partial charge in [-0.05, 0) is 55.9 Å². The van der Waals surface area contributed by atoms with E-state index in [0.717, 1.165) is 23.3 Å². The molecule has 3 rings (SSSR count). The Labute approximate surface area is 185 Å². The molecular formula is C24H32N2O4S. The fourth-order valence-corrected chi connectivity index (χ4v) is 5.53. The second-order valence-electron chi connectivity index (χ2n) is 8.11. The summed E-state index contributed by atoms with van der Waals surface area (Å²) in [5.41, 5.74) is 2.12. The molecule has 2 atom stereocenters. The van der Waals surface area contributed by atoms with Crippen molar-refractivity contribution in [3.8, 4) is 5.75 Å². The van der Waals surface area contributed by atoms with Gasteiger partial charge in [0.25, 0.3) is 0 Å². The number of methoxy groups -OCH3 is 1. The topological polar surface area (TPSA) is 75.7 Å². The fourth-order valence-electron chi connectivity index (χ4n) is 3.95. The second kappa shape index (κ2) is 10.8. The lowest BCUT2D eigenvalue weighted by Crippen LogP contribution is -2.46. The van der Waals surface area contributed by atoms with Crippen molar-refractivity contribution in [2.45, 2.75) is 38.6 Å². The summed E-state index contributed by atoms with van der Waals surface area (Å²) >= 11 is 0. The van der Waals surface area contributed by atoms with E-state index in [-0.39, 0.29) is 30.2 Å². The van der Waals surface area contributed by atoms with E-state index in [9.17, 15) is 13.2 Å². The number of hydrogen-bond acceptors (Lipinski definition) is 4. The molecule has 168 valence electrons. The largest absolute Gasteiger partial charge is 0.497 e. The quantitative estimate of drug-likeness (QED) is 0.642. The van der Waals surface area contributed by atoms with Crippen LogP contribution in [0.5, 0.6) is 5.75 Å². The Bertz CT molecular complexity index is 945. The minimum Gasteiger partial charge on any atom is -0.497 e. The third-order valence-electron chi connectivity index (χ3n) is 5.83. The Morgan fingerprint density at radius 1 is 1.16 bits per heavy atom. The Hall–Kier alpha value is -2.38. The lowest BCUT2D eigenvalue weighted by Gasteiger charge is -2.32. The summed E-state index contributed by atoms with van der Waals surface area (Å²) in [5.74, 6) is 0.465.